The van der Waals surface area contributed by atoms with Gasteiger partial charge in [-0.3, -0.25) is 19.2 Å². The van der Waals surface area contributed by atoms with Crippen LogP contribution < -0.4 is 15.0 Å². The monoisotopic (exact) mass is 520 g/mol. The molecule has 0 bridgehead atoms. The van der Waals surface area contributed by atoms with Gasteiger partial charge in [0.1, 0.15) is 17.8 Å². The predicted molar refractivity (Wildman–Crippen MR) is 144 cm³/mol. The molecule has 2 fully saturated rings. The van der Waals surface area contributed by atoms with Crippen LogP contribution in [-0.2, 0) is 9.59 Å². The van der Waals surface area contributed by atoms with Crippen molar-refractivity contribution in [2.75, 3.05) is 39.2 Å². The summed E-state index contributed by atoms with van der Waals surface area (Å²) in [7, 11) is 5.38. The molecule has 2 aromatic rings. The molecule has 38 heavy (non-hydrogen) atoms. The number of amides is 3. The number of methoxy groups -OCH3 is 1. The van der Waals surface area contributed by atoms with Crippen LogP contribution in [0.5, 0.6) is 5.75 Å². The van der Waals surface area contributed by atoms with Crippen molar-refractivity contribution in [2.24, 2.45) is 5.92 Å². The van der Waals surface area contributed by atoms with Crippen molar-refractivity contribution in [2.45, 2.75) is 44.8 Å². The summed E-state index contributed by atoms with van der Waals surface area (Å²) in [6.07, 6.45) is 0.946. The second-order valence-electron chi connectivity index (χ2n) is 10.6. The zero-order valence-corrected chi connectivity index (χ0v) is 22.6. The van der Waals surface area contributed by atoms with Crippen LogP contribution in [0, 0.1) is 5.92 Å². The van der Waals surface area contributed by atoms with E-state index in [1.165, 1.54) is 7.11 Å². The van der Waals surface area contributed by atoms with E-state index in [4.69, 9.17) is 4.74 Å². The lowest BCUT2D eigenvalue weighted by atomic mass is 10.0. The van der Waals surface area contributed by atoms with E-state index in [9.17, 15) is 19.2 Å². The van der Waals surface area contributed by atoms with Gasteiger partial charge in [0.25, 0.3) is 11.8 Å². The zero-order valence-electron chi connectivity index (χ0n) is 22.6. The minimum Gasteiger partial charge on any atom is -0.497 e. The summed E-state index contributed by atoms with van der Waals surface area (Å²) in [6, 6.07) is 12.1. The highest BCUT2D eigenvalue weighted by Gasteiger charge is 2.52. The average molecular weight is 521 g/mol. The van der Waals surface area contributed by atoms with Gasteiger partial charge in [0.15, 0.2) is 5.78 Å². The van der Waals surface area contributed by atoms with Gasteiger partial charge in [0, 0.05) is 37.5 Å². The number of hydrogen-bond donors (Lipinski definition) is 1. The van der Waals surface area contributed by atoms with Crippen LogP contribution in [0.4, 0.5) is 5.69 Å². The van der Waals surface area contributed by atoms with Crippen molar-refractivity contribution < 1.29 is 23.9 Å². The Kier molecular flexibility index (Phi) is 8.04. The fourth-order valence-corrected chi connectivity index (χ4v) is 5.31. The van der Waals surface area contributed by atoms with E-state index < -0.39 is 12.1 Å². The lowest BCUT2D eigenvalue weighted by molar-refractivity contribution is -0.138. The SMILES string of the molecule is COc1cccc(C(=O)N2CC(=O)C3C2CCN3C(=O)C(CC(C)C)NC(=O)c2ccc(N(C)C)cc2)c1. The van der Waals surface area contributed by atoms with Gasteiger partial charge >= 0.3 is 0 Å². The van der Waals surface area contributed by atoms with Gasteiger partial charge in [-0.05, 0) is 61.2 Å². The Bertz CT molecular complexity index is 1210. The fraction of sp³-hybridized carbons (Fsp3) is 0.448. The molecule has 2 heterocycles. The molecule has 4 rings (SSSR count). The highest BCUT2D eigenvalue weighted by atomic mass is 16.5. The standard InChI is InChI=1S/C29H36N4O5/c1-18(2)15-23(30-27(35)19-9-11-21(12-10-19)31(3)4)29(37)32-14-13-24-26(32)25(34)17-33(24)28(36)20-7-6-8-22(16-20)38-5/h6-12,16,18,23-24,26H,13-15,17H2,1-5H3,(H,30,35). The number of benzene rings is 2. The predicted octanol–water partition coefficient (Wildman–Crippen LogP) is 2.60. The summed E-state index contributed by atoms with van der Waals surface area (Å²) >= 11 is 0. The van der Waals surface area contributed by atoms with Gasteiger partial charge in [-0.15, -0.1) is 0 Å². The molecule has 0 spiro atoms. The first-order valence-electron chi connectivity index (χ1n) is 13.0. The molecule has 202 valence electrons. The number of nitrogens with one attached hydrogen (secondary N) is 1. The summed E-state index contributed by atoms with van der Waals surface area (Å²) in [5, 5.41) is 2.91. The molecular weight excluding hydrogens is 484 g/mol. The normalized spacial score (nSPS) is 19.4. The van der Waals surface area contributed by atoms with Crippen molar-refractivity contribution in [1.29, 1.82) is 0 Å². The number of anilines is 1. The van der Waals surface area contributed by atoms with Gasteiger partial charge in [-0.2, -0.15) is 0 Å². The first-order chi connectivity index (χ1) is 18.1. The molecular formula is C29H36N4O5. The first kappa shape index (κ1) is 27.2. The first-order valence-corrected chi connectivity index (χ1v) is 13.0. The maximum Gasteiger partial charge on any atom is 0.254 e. The molecule has 0 aromatic heterocycles. The van der Waals surface area contributed by atoms with Crippen LogP contribution in [0.1, 0.15) is 47.4 Å². The van der Waals surface area contributed by atoms with E-state index in [-0.39, 0.29) is 42.0 Å². The van der Waals surface area contributed by atoms with Crippen molar-refractivity contribution in [3.8, 4) is 5.75 Å². The minimum atomic E-state index is -0.772. The Morgan fingerprint density at radius 3 is 2.39 bits per heavy atom. The number of nitrogens with zero attached hydrogens (tertiary/aromatic N) is 3. The number of carbonyl (C=O) groups excluding carboxylic acids is 4. The zero-order chi connectivity index (χ0) is 27.6. The van der Waals surface area contributed by atoms with Gasteiger partial charge in [0.05, 0.1) is 19.7 Å². The Morgan fingerprint density at radius 1 is 1.05 bits per heavy atom. The maximum absolute atomic E-state index is 13.7. The van der Waals surface area contributed by atoms with Gasteiger partial charge in [0.2, 0.25) is 5.91 Å². The smallest absolute Gasteiger partial charge is 0.254 e. The van der Waals surface area contributed by atoms with Crippen molar-refractivity contribution in [3.63, 3.8) is 0 Å². The molecule has 9 nitrogen and oxygen atoms in total. The van der Waals surface area contributed by atoms with Gasteiger partial charge in [-0.1, -0.05) is 19.9 Å². The third-order valence-electron chi connectivity index (χ3n) is 7.24. The number of likely N-dealkylation sites (tertiary alicyclic amines) is 2. The maximum atomic E-state index is 13.7. The van der Waals surface area contributed by atoms with Crippen molar-refractivity contribution in [1.82, 2.24) is 15.1 Å². The molecule has 3 unspecified atom stereocenters. The number of ether oxygens (including phenoxy) is 1. The molecule has 0 radical (unpaired) electrons. The fourth-order valence-electron chi connectivity index (χ4n) is 5.31. The third-order valence-corrected chi connectivity index (χ3v) is 7.24. The number of ketones is 1. The van der Waals surface area contributed by atoms with Crippen molar-refractivity contribution in [3.05, 3.63) is 59.7 Å². The Hall–Kier alpha value is -3.88. The second kappa shape index (κ2) is 11.2. The molecule has 2 aliphatic heterocycles. The van der Waals surface area contributed by atoms with Crippen LogP contribution in [-0.4, -0.2) is 85.7 Å². The van der Waals surface area contributed by atoms with Crippen LogP contribution in [0.15, 0.2) is 48.5 Å². The molecule has 3 amide bonds. The number of rotatable bonds is 8. The molecule has 0 aliphatic carbocycles. The largest absolute Gasteiger partial charge is 0.497 e. The number of carbonyl (C=O) groups is 4. The second-order valence-corrected chi connectivity index (χ2v) is 10.6. The van der Waals surface area contributed by atoms with E-state index >= 15 is 0 Å². The lowest BCUT2D eigenvalue weighted by Crippen LogP contribution is -2.53. The molecule has 9 heteroatoms. The van der Waals surface area contributed by atoms with E-state index in [1.807, 2.05) is 45.0 Å². The van der Waals surface area contributed by atoms with E-state index in [1.54, 1.807) is 46.2 Å². The molecule has 2 aromatic carbocycles. The summed E-state index contributed by atoms with van der Waals surface area (Å²) in [5.41, 5.74) is 1.86. The summed E-state index contributed by atoms with van der Waals surface area (Å²) in [6.45, 7) is 4.28. The number of fused-ring (bicyclic) bond motifs is 1. The molecule has 2 aliphatic rings. The van der Waals surface area contributed by atoms with Crippen LogP contribution in [0.3, 0.4) is 0 Å². The highest BCUT2D eigenvalue weighted by Crippen LogP contribution is 2.32. The third kappa shape index (κ3) is 5.51. The summed E-state index contributed by atoms with van der Waals surface area (Å²) in [5.74, 6) is -0.335. The highest BCUT2D eigenvalue weighted by molar-refractivity contribution is 6.03. The summed E-state index contributed by atoms with van der Waals surface area (Å²) < 4.78 is 5.23. The van der Waals surface area contributed by atoms with Gasteiger partial charge in [-0.25, -0.2) is 0 Å². The van der Waals surface area contributed by atoms with Crippen molar-refractivity contribution >= 4 is 29.2 Å². The van der Waals surface area contributed by atoms with E-state index in [2.05, 4.69) is 5.32 Å². The number of hydrogen-bond acceptors (Lipinski definition) is 6. The van der Waals surface area contributed by atoms with Crippen LogP contribution in [0.2, 0.25) is 0 Å². The van der Waals surface area contributed by atoms with E-state index in [0.717, 1.165) is 5.69 Å². The molecule has 2 saturated heterocycles. The topological polar surface area (TPSA) is 99.3 Å². The molecule has 3 atom stereocenters. The Balaban J connectivity index is 1.50. The quantitative estimate of drug-likeness (QED) is 0.575. The lowest BCUT2D eigenvalue weighted by Gasteiger charge is -2.29. The van der Waals surface area contributed by atoms with E-state index in [0.29, 0.717) is 36.3 Å². The number of Topliss-reactive ketones (excluding diaryl/α,β-unsaturated/α-hetero) is 1. The van der Waals surface area contributed by atoms with Crippen LogP contribution in [0.25, 0.3) is 0 Å². The Morgan fingerprint density at radius 2 is 1.76 bits per heavy atom. The average Bonchev–Trinajstić information content (AvgIpc) is 3.48. The van der Waals surface area contributed by atoms with Crippen LogP contribution >= 0.6 is 0 Å². The molecule has 0 saturated carbocycles. The summed E-state index contributed by atoms with van der Waals surface area (Å²) in [4.78, 5) is 58.3. The minimum absolute atomic E-state index is 0.0470. The Labute approximate surface area is 223 Å². The molecule has 1 N–H and O–H groups in total. The van der Waals surface area contributed by atoms with Gasteiger partial charge < -0.3 is 24.8 Å².